The van der Waals surface area contributed by atoms with Gasteiger partial charge in [-0.25, -0.2) is 0 Å². The topological polar surface area (TPSA) is 140 Å². The van der Waals surface area contributed by atoms with E-state index in [-0.39, 0.29) is 22.2 Å². The maximum Gasteiger partial charge on any atom is 0.296 e. The lowest BCUT2D eigenvalue weighted by Crippen LogP contribution is -2.31. The van der Waals surface area contributed by atoms with Crippen LogP contribution in [-0.2, 0) is 10.5 Å². The van der Waals surface area contributed by atoms with Crippen LogP contribution in [0.5, 0.6) is 0 Å². The Labute approximate surface area is 224 Å². The van der Waals surface area contributed by atoms with Crippen LogP contribution in [-0.4, -0.2) is 31.9 Å². The Bertz CT molecular complexity index is 1570. The van der Waals surface area contributed by atoms with Gasteiger partial charge in [0.15, 0.2) is 15.9 Å². The minimum absolute atomic E-state index is 0.0442. The number of carbonyl (C=O) groups is 2. The number of aryl methyl sites for hydroxylation is 2. The van der Waals surface area contributed by atoms with Gasteiger partial charge < -0.3 is 9.52 Å². The van der Waals surface area contributed by atoms with Crippen molar-refractivity contribution in [1.82, 2.24) is 10.2 Å². The number of ketones is 1. The molecule has 12 heteroatoms. The second-order valence-corrected chi connectivity index (χ2v) is 10.7. The zero-order valence-corrected chi connectivity index (χ0v) is 21.8. The fourth-order valence-corrected chi connectivity index (χ4v) is 5.83. The fraction of sp³-hybridized carbons (Fsp3) is 0.154. The number of aliphatic hydroxyl groups excluding tert-OH is 1. The number of aliphatic hydroxyl groups is 1. The first-order chi connectivity index (χ1) is 18.2. The van der Waals surface area contributed by atoms with Crippen molar-refractivity contribution in [2.24, 2.45) is 0 Å². The molecule has 0 saturated carbocycles. The predicted molar refractivity (Wildman–Crippen MR) is 141 cm³/mol. The number of hydrogen-bond donors (Lipinski definition) is 1. The van der Waals surface area contributed by atoms with Gasteiger partial charge in [-0.15, -0.1) is 10.2 Å². The molecule has 0 spiro atoms. The lowest BCUT2D eigenvalue weighted by molar-refractivity contribution is -0.384. The summed E-state index contributed by atoms with van der Waals surface area (Å²) < 4.78 is 6.05. The van der Waals surface area contributed by atoms with Crippen LogP contribution < -0.4 is 4.90 Å². The summed E-state index contributed by atoms with van der Waals surface area (Å²) in [7, 11) is 0. The molecule has 0 fully saturated rings. The number of Topliss-reactive ketones (excluding diaryl/α,β-unsaturated/α-hetero) is 1. The molecule has 1 atom stereocenters. The molecule has 0 saturated heterocycles. The van der Waals surface area contributed by atoms with Crippen molar-refractivity contribution in [1.29, 1.82) is 0 Å². The highest BCUT2D eigenvalue weighted by molar-refractivity contribution is 8.00. The van der Waals surface area contributed by atoms with Crippen molar-refractivity contribution in [3.05, 3.63) is 110 Å². The van der Waals surface area contributed by atoms with E-state index in [0.29, 0.717) is 21.4 Å². The average molecular weight is 549 g/mol. The normalized spacial score (nSPS) is 15.4. The molecule has 3 heterocycles. The fourth-order valence-electron chi connectivity index (χ4n) is 4.01. The summed E-state index contributed by atoms with van der Waals surface area (Å²) in [6.45, 7) is 3.68. The van der Waals surface area contributed by atoms with Crippen LogP contribution in [0.25, 0.3) is 0 Å². The van der Waals surface area contributed by atoms with E-state index in [2.05, 4.69) is 10.2 Å². The zero-order valence-electron chi connectivity index (χ0n) is 20.2. The summed E-state index contributed by atoms with van der Waals surface area (Å²) in [6.07, 6.45) is 0. The molecule has 1 N–H and O–H groups in total. The van der Waals surface area contributed by atoms with E-state index >= 15 is 0 Å². The third-order valence-corrected chi connectivity index (χ3v) is 8.05. The Morgan fingerprint density at radius 1 is 1.11 bits per heavy atom. The average Bonchev–Trinajstić information content (AvgIpc) is 3.62. The monoisotopic (exact) mass is 548 g/mol. The number of amides is 1. The van der Waals surface area contributed by atoms with Gasteiger partial charge >= 0.3 is 0 Å². The maximum atomic E-state index is 13.4. The minimum Gasteiger partial charge on any atom is -0.503 e. The van der Waals surface area contributed by atoms with Crippen LogP contribution in [0, 0.1) is 24.0 Å². The van der Waals surface area contributed by atoms with Crippen molar-refractivity contribution >= 4 is 45.6 Å². The third kappa shape index (κ3) is 4.83. The molecule has 38 heavy (non-hydrogen) atoms. The van der Waals surface area contributed by atoms with Gasteiger partial charge in [0.05, 0.1) is 16.5 Å². The van der Waals surface area contributed by atoms with Crippen LogP contribution in [0.1, 0.15) is 39.0 Å². The number of thioether (sulfide) groups is 1. The number of carbonyl (C=O) groups excluding carboxylic acids is 2. The predicted octanol–water partition coefficient (Wildman–Crippen LogP) is 5.73. The molecule has 0 aliphatic carbocycles. The molecule has 4 aromatic rings. The van der Waals surface area contributed by atoms with Gasteiger partial charge in [0.2, 0.25) is 10.9 Å². The Morgan fingerprint density at radius 2 is 1.82 bits per heavy atom. The van der Waals surface area contributed by atoms with Gasteiger partial charge in [-0.05, 0) is 49.2 Å². The molecule has 2 aromatic carbocycles. The highest BCUT2D eigenvalue weighted by atomic mass is 32.2. The van der Waals surface area contributed by atoms with Gasteiger partial charge in [-0.2, -0.15) is 0 Å². The first-order valence-corrected chi connectivity index (χ1v) is 13.2. The number of aromatic nitrogens is 2. The number of nitrogens with zero attached hydrogens (tertiary/aromatic N) is 4. The number of anilines is 1. The van der Waals surface area contributed by atoms with Crippen molar-refractivity contribution in [3.8, 4) is 0 Å². The van der Waals surface area contributed by atoms with E-state index in [4.69, 9.17) is 4.42 Å². The second kappa shape index (κ2) is 10.2. The van der Waals surface area contributed by atoms with E-state index in [1.807, 2.05) is 31.2 Å². The molecular weight excluding hydrogens is 528 g/mol. The van der Waals surface area contributed by atoms with E-state index in [0.717, 1.165) is 22.5 Å². The summed E-state index contributed by atoms with van der Waals surface area (Å²) in [6, 6.07) is 15.5. The van der Waals surface area contributed by atoms with Crippen LogP contribution >= 0.6 is 23.1 Å². The van der Waals surface area contributed by atoms with Crippen molar-refractivity contribution in [2.75, 3.05) is 4.90 Å². The quantitative estimate of drug-likeness (QED) is 0.0961. The lowest BCUT2D eigenvalue weighted by Gasteiger charge is -2.23. The molecule has 10 nitrogen and oxygen atoms in total. The molecule has 2 aromatic heterocycles. The molecule has 1 amide bonds. The number of rotatable bonds is 8. The van der Waals surface area contributed by atoms with Gasteiger partial charge in [0.1, 0.15) is 5.76 Å². The molecule has 5 rings (SSSR count). The summed E-state index contributed by atoms with van der Waals surface area (Å²) in [5.74, 6) is -1.16. The SMILES string of the molecule is Cc1ccc(CSc2nnc(N3C(=O)C(O)=C(C(=O)c4ccc(C)o4)C3c3ccc([N+](=O)[O-])cc3)s2)cc1. The van der Waals surface area contributed by atoms with Gasteiger partial charge in [0, 0.05) is 17.9 Å². The number of nitro benzene ring substituents is 1. The molecule has 1 aliphatic heterocycles. The summed E-state index contributed by atoms with van der Waals surface area (Å²) >= 11 is 2.59. The van der Waals surface area contributed by atoms with E-state index in [1.165, 1.54) is 47.0 Å². The number of non-ortho nitro benzene ring substituents is 1. The summed E-state index contributed by atoms with van der Waals surface area (Å²) in [5.41, 5.74) is 2.27. The van der Waals surface area contributed by atoms with Crippen molar-refractivity contribution in [3.63, 3.8) is 0 Å². The first kappa shape index (κ1) is 25.4. The van der Waals surface area contributed by atoms with Crippen LogP contribution in [0.2, 0.25) is 0 Å². The van der Waals surface area contributed by atoms with E-state index in [9.17, 15) is 24.8 Å². The summed E-state index contributed by atoms with van der Waals surface area (Å²) in [4.78, 5) is 38.5. The molecule has 0 radical (unpaired) electrons. The van der Waals surface area contributed by atoms with Gasteiger partial charge in [-0.3, -0.25) is 24.6 Å². The third-order valence-electron chi connectivity index (χ3n) is 5.92. The number of furan rings is 1. The highest BCUT2D eigenvalue weighted by Crippen LogP contribution is 2.44. The van der Waals surface area contributed by atoms with E-state index in [1.54, 1.807) is 13.0 Å². The molecule has 1 aliphatic rings. The zero-order chi connectivity index (χ0) is 27.0. The lowest BCUT2D eigenvalue weighted by atomic mass is 9.95. The van der Waals surface area contributed by atoms with Crippen LogP contribution in [0.15, 0.2) is 80.8 Å². The van der Waals surface area contributed by atoms with Gasteiger partial charge in [-0.1, -0.05) is 52.9 Å². The molecule has 1 unspecified atom stereocenters. The highest BCUT2D eigenvalue weighted by Gasteiger charge is 2.46. The Balaban J connectivity index is 1.50. The minimum atomic E-state index is -1.09. The molecule has 192 valence electrons. The standard InChI is InChI=1S/C26H20N4O6S2/c1-14-3-6-16(7-4-14)13-37-26-28-27-25(38-26)29-21(17-8-10-18(11-9-17)30(34)35)20(23(32)24(29)33)22(31)19-12-5-15(2)36-19/h3-12,21,32H,13H2,1-2H3. The first-order valence-electron chi connectivity index (χ1n) is 11.4. The Morgan fingerprint density at radius 3 is 2.45 bits per heavy atom. The summed E-state index contributed by atoms with van der Waals surface area (Å²) in [5, 5.41) is 30.6. The number of benzene rings is 2. The largest absolute Gasteiger partial charge is 0.503 e. The van der Waals surface area contributed by atoms with Crippen LogP contribution in [0.3, 0.4) is 0 Å². The second-order valence-electron chi connectivity index (χ2n) is 8.55. The maximum absolute atomic E-state index is 13.4. The Hall–Kier alpha value is -4.29. The number of nitro groups is 1. The van der Waals surface area contributed by atoms with E-state index < -0.39 is 28.4 Å². The van der Waals surface area contributed by atoms with Gasteiger partial charge in [0.25, 0.3) is 11.6 Å². The Kier molecular flexibility index (Phi) is 6.83. The smallest absolute Gasteiger partial charge is 0.296 e. The molecule has 0 bridgehead atoms. The van der Waals surface area contributed by atoms with Crippen LogP contribution in [0.4, 0.5) is 10.8 Å². The van der Waals surface area contributed by atoms with Crippen molar-refractivity contribution < 1.29 is 24.0 Å². The number of hydrogen-bond acceptors (Lipinski definition) is 10. The van der Waals surface area contributed by atoms with Crippen molar-refractivity contribution in [2.45, 2.75) is 30.0 Å². The molecular formula is C26H20N4O6S2.